The van der Waals surface area contributed by atoms with Gasteiger partial charge < -0.3 is 21.9 Å². The van der Waals surface area contributed by atoms with Gasteiger partial charge >= 0.3 is 0 Å². The summed E-state index contributed by atoms with van der Waals surface area (Å²) in [5.74, 6) is -0.259. The number of rotatable bonds is 3. The molecule has 0 unspecified atom stereocenters. The van der Waals surface area contributed by atoms with Crippen molar-refractivity contribution in [2.24, 2.45) is 0 Å². The molecule has 0 saturated heterocycles. The lowest BCUT2D eigenvalue weighted by Gasteiger charge is -2.12. The molecule has 0 aliphatic rings. The van der Waals surface area contributed by atoms with Crippen molar-refractivity contribution in [2.45, 2.75) is 13.5 Å². The number of anilines is 3. The van der Waals surface area contributed by atoms with Crippen LogP contribution in [0.15, 0.2) is 54.6 Å². The van der Waals surface area contributed by atoms with Crippen molar-refractivity contribution in [2.75, 3.05) is 16.8 Å². The monoisotopic (exact) mass is 409 g/mol. The van der Waals surface area contributed by atoms with Gasteiger partial charge in [-0.05, 0) is 29.8 Å². The highest BCUT2D eigenvalue weighted by Crippen LogP contribution is 2.30. The third-order valence-electron chi connectivity index (χ3n) is 4.16. The number of benzene rings is 3. The Labute approximate surface area is 172 Å². The lowest BCUT2D eigenvalue weighted by molar-refractivity contribution is -0.134. The Bertz CT molecular complexity index is 1190. The highest BCUT2D eigenvalue weighted by Gasteiger charge is 2.07. The SMILES string of the molecule is CC(=O)O.Nc1nc(N)c2cc(CNc3ccc(Cl)c4ccccc34)ccc2n1. The van der Waals surface area contributed by atoms with Crippen molar-refractivity contribution >= 4 is 56.7 Å². The predicted molar refractivity (Wildman–Crippen MR) is 118 cm³/mol. The molecule has 4 aromatic rings. The number of fused-ring (bicyclic) bond motifs is 2. The molecule has 148 valence electrons. The highest BCUT2D eigenvalue weighted by atomic mass is 35.5. The molecule has 0 aliphatic carbocycles. The summed E-state index contributed by atoms with van der Waals surface area (Å²) in [5.41, 5.74) is 14.4. The third kappa shape index (κ3) is 4.83. The predicted octanol–water partition coefficient (Wildman–Crippen LogP) is 4.30. The number of carboxylic acid groups (broad SMARTS) is 1. The molecule has 0 amide bonds. The summed E-state index contributed by atoms with van der Waals surface area (Å²) in [6, 6.07) is 17.8. The van der Waals surface area contributed by atoms with Crippen LogP contribution in [0.2, 0.25) is 5.02 Å². The summed E-state index contributed by atoms with van der Waals surface area (Å²) in [5, 5.41) is 14.5. The van der Waals surface area contributed by atoms with Crippen molar-refractivity contribution in [1.29, 1.82) is 0 Å². The van der Waals surface area contributed by atoms with Crippen molar-refractivity contribution < 1.29 is 9.90 Å². The molecule has 7 nitrogen and oxygen atoms in total. The maximum absolute atomic E-state index is 9.00. The van der Waals surface area contributed by atoms with Crippen LogP contribution in [-0.4, -0.2) is 21.0 Å². The fraction of sp³-hybridized carbons (Fsp3) is 0.0952. The molecule has 29 heavy (non-hydrogen) atoms. The molecule has 3 aromatic carbocycles. The fourth-order valence-corrected chi connectivity index (χ4v) is 3.17. The van der Waals surface area contributed by atoms with Crippen LogP contribution in [-0.2, 0) is 11.3 Å². The average molecular weight is 410 g/mol. The first-order valence-electron chi connectivity index (χ1n) is 8.77. The zero-order valence-electron chi connectivity index (χ0n) is 15.7. The van der Waals surface area contributed by atoms with Gasteiger partial charge in [-0.15, -0.1) is 0 Å². The van der Waals surface area contributed by atoms with E-state index in [1.807, 2.05) is 48.5 Å². The minimum absolute atomic E-state index is 0.184. The summed E-state index contributed by atoms with van der Waals surface area (Å²) >= 11 is 6.28. The molecule has 0 atom stereocenters. The van der Waals surface area contributed by atoms with Gasteiger partial charge in [-0.25, -0.2) is 4.98 Å². The number of nitrogen functional groups attached to an aromatic ring is 2. The quantitative estimate of drug-likeness (QED) is 0.397. The summed E-state index contributed by atoms with van der Waals surface area (Å²) < 4.78 is 0. The molecule has 0 spiro atoms. The molecule has 0 saturated carbocycles. The van der Waals surface area contributed by atoms with Crippen molar-refractivity contribution in [3.8, 4) is 0 Å². The number of carboxylic acids is 1. The first kappa shape index (κ1) is 20.2. The van der Waals surface area contributed by atoms with E-state index in [-0.39, 0.29) is 5.95 Å². The molecule has 0 radical (unpaired) electrons. The molecule has 0 fully saturated rings. The average Bonchev–Trinajstić information content (AvgIpc) is 2.67. The fourth-order valence-electron chi connectivity index (χ4n) is 2.94. The van der Waals surface area contributed by atoms with E-state index in [1.165, 1.54) is 0 Å². The largest absolute Gasteiger partial charge is 0.481 e. The van der Waals surface area contributed by atoms with Gasteiger partial charge in [0.15, 0.2) is 0 Å². The molecule has 6 N–H and O–H groups in total. The molecule has 8 heteroatoms. The van der Waals surface area contributed by atoms with Crippen LogP contribution in [0.25, 0.3) is 21.7 Å². The molecule has 1 heterocycles. The van der Waals surface area contributed by atoms with E-state index >= 15 is 0 Å². The number of aliphatic carboxylic acids is 1. The van der Waals surface area contributed by atoms with E-state index in [0.29, 0.717) is 12.4 Å². The van der Waals surface area contributed by atoms with Gasteiger partial charge in [0.05, 0.1) is 5.52 Å². The Morgan fingerprint density at radius 1 is 1.03 bits per heavy atom. The zero-order chi connectivity index (χ0) is 21.0. The van der Waals surface area contributed by atoms with E-state index in [1.54, 1.807) is 0 Å². The molecule has 0 bridgehead atoms. The van der Waals surface area contributed by atoms with Gasteiger partial charge in [-0.3, -0.25) is 4.79 Å². The molecule has 4 rings (SSSR count). The van der Waals surface area contributed by atoms with Gasteiger partial charge in [0.1, 0.15) is 5.82 Å². The van der Waals surface area contributed by atoms with E-state index < -0.39 is 5.97 Å². The lowest BCUT2D eigenvalue weighted by atomic mass is 10.1. The van der Waals surface area contributed by atoms with Gasteiger partial charge in [-0.2, -0.15) is 4.98 Å². The zero-order valence-corrected chi connectivity index (χ0v) is 16.4. The van der Waals surface area contributed by atoms with Crippen LogP contribution in [0.5, 0.6) is 0 Å². The normalized spacial score (nSPS) is 10.4. The first-order chi connectivity index (χ1) is 13.8. The number of halogens is 1. The number of hydrogen-bond acceptors (Lipinski definition) is 6. The van der Waals surface area contributed by atoms with Gasteiger partial charge in [0, 0.05) is 40.3 Å². The Kier molecular flexibility index (Phi) is 5.99. The molecular formula is C21H20ClN5O2. The number of aromatic nitrogens is 2. The lowest BCUT2D eigenvalue weighted by Crippen LogP contribution is -2.03. The third-order valence-corrected chi connectivity index (χ3v) is 4.49. The first-order valence-corrected chi connectivity index (χ1v) is 9.15. The van der Waals surface area contributed by atoms with E-state index in [4.69, 9.17) is 33.0 Å². The van der Waals surface area contributed by atoms with Crippen LogP contribution in [0.3, 0.4) is 0 Å². The van der Waals surface area contributed by atoms with Gasteiger partial charge in [0.25, 0.3) is 5.97 Å². The highest BCUT2D eigenvalue weighted by molar-refractivity contribution is 6.36. The smallest absolute Gasteiger partial charge is 0.300 e. The maximum atomic E-state index is 9.00. The number of hydrogen-bond donors (Lipinski definition) is 4. The van der Waals surface area contributed by atoms with Crippen LogP contribution >= 0.6 is 11.6 Å². The van der Waals surface area contributed by atoms with Crippen molar-refractivity contribution in [3.63, 3.8) is 0 Å². The van der Waals surface area contributed by atoms with E-state index in [0.717, 1.165) is 44.9 Å². The molecule has 0 aliphatic heterocycles. The number of nitrogens with two attached hydrogens (primary N) is 2. The van der Waals surface area contributed by atoms with Crippen LogP contribution < -0.4 is 16.8 Å². The Morgan fingerprint density at radius 3 is 2.45 bits per heavy atom. The van der Waals surface area contributed by atoms with Crippen LogP contribution in [0.4, 0.5) is 17.5 Å². The van der Waals surface area contributed by atoms with E-state index in [9.17, 15) is 0 Å². The summed E-state index contributed by atoms with van der Waals surface area (Å²) in [6.45, 7) is 1.73. The number of nitrogens with zero attached hydrogens (tertiary/aromatic N) is 2. The van der Waals surface area contributed by atoms with Crippen molar-refractivity contribution in [3.05, 3.63) is 65.2 Å². The second-order valence-corrected chi connectivity index (χ2v) is 6.74. The van der Waals surface area contributed by atoms with Crippen LogP contribution in [0.1, 0.15) is 12.5 Å². The Morgan fingerprint density at radius 2 is 1.72 bits per heavy atom. The van der Waals surface area contributed by atoms with Gasteiger partial charge in [-0.1, -0.05) is 41.9 Å². The minimum Gasteiger partial charge on any atom is -0.481 e. The standard InChI is InChI=1S/C19H16ClN5.C2H4O2/c20-15-6-8-16(13-4-2-1-3-12(13)15)23-10-11-5-7-17-14(9-11)18(21)25-19(22)24-17;1-2(3)4/h1-9,23H,10H2,(H4,21,22,24,25);1H3,(H,3,4). The number of carbonyl (C=O) groups is 1. The number of nitrogens with one attached hydrogen (secondary N) is 1. The summed E-state index contributed by atoms with van der Waals surface area (Å²) in [7, 11) is 0. The van der Waals surface area contributed by atoms with Gasteiger partial charge in [0.2, 0.25) is 5.95 Å². The Balaban J connectivity index is 0.000000552. The van der Waals surface area contributed by atoms with E-state index in [2.05, 4.69) is 21.4 Å². The van der Waals surface area contributed by atoms with Crippen LogP contribution in [0, 0.1) is 0 Å². The van der Waals surface area contributed by atoms with Crippen molar-refractivity contribution in [1.82, 2.24) is 9.97 Å². The summed E-state index contributed by atoms with van der Waals surface area (Å²) in [6.07, 6.45) is 0. The maximum Gasteiger partial charge on any atom is 0.300 e. The molecule has 1 aromatic heterocycles. The second-order valence-electron chi connectivity index (χ2n) is 6.33. The summed E-state index contributed by atoms with van der Waals surface area (Å²) in [4.78, 5) is 17.2. The molecular weight excluding hydrogens is 390 g/mol. The second kappa shape index (κ2) is 8.62. The Hall–Kier alpha value is -3.58. The minimum atomic E-state index is -0.833. The topological polar surface area (TPSA) is 127 Å².